The lowest BCUT2D eigenvalue weighted by atomic mass is 10.1. The fourth-order valence-electron chi connectivity index (χ4n) is 2.72. The molecule has 2 heterocycles. The van der Waals surface area contributed by atoms with Gasteiger partial charge >= 0.3 is 0 Å². The molecule has 0 aliphatic heterocycles. The van der Waals surface area contributed by atoms with Crippen molar-refractivity contribution < 1.29 is 9.47 Å². The second-order valence-electron chi connectivity index (χ2n) is 5.32. The Kier molecular flexibility index (Phi) is 4.85. The molecule has 0 aliphatic rings. The molecule has 0 radical (unpaired) electrons. The molecule has 0 N–H and O–H groups in total. The molecule has 24 heavy (non-hydrogen) atoms. The van der Waals surface area contributed by atoms with Gasteiger partial charge in [0.15, 0.2) is 11.5 Å². The topological polar surface area (TPSA) is 47.5 Å². The average molecular weight is 343 g/mol. The van der Waals surface area contributed by atoms with Gasteiger partial charge in [-0.25, -0.2) is 0 Å². The summed E-state index contributed by atoms with van der Waals surface area (Å²) in [6.07, 6.45) is 1.89. The molecule has 1 aromatic carbocycles. The van der Waals surface area contributed by atoms with E-state index in [0.717, 1.165) is 40.3 Å². The van der Waals surface area contributed by atoms with Crippen molar-refractivity contribution in [1.82, 2.24) is 9.36 Å². The van der Waals surface area contributed by atoms with Gasteiger partial charge in [-0.05, 0) is 49.1 Å². The van der Waals surface area contributed by atoms with E-state index in [2.05, 4.69) is 34.2 Å². The second kappa shape index (κ2) is 7.05. The number of hydrogen-bond acceptors (Lipinski definition) is 6. The maximum absolute atomic E-state index is 5.38. The summed E-state index contributed by atoms with van der Waals surface area (Å²) in [5.41, 5.74) is 3.93. The Balaban J connectivity index is 2.03. The molecular weight excluding hydrogens is 322 g/mol. The van der Waals surface area contributed by atoms with E-state index in [-0.39, 0.29) is 0 Å². The summed E-state index contributed by atoms with van der Waals surface area (Å²) in [4.78, 5) is 6.95. The summed E-state index contributed by atoms with van der Waals surface area (Å²) in [6.45, 7) is 6.19. The molecule has 0 amide bonds. The lowest BCUT2D eigenvalue weighted by molar-refractivity contribution is 0.355. The van der Waals surface area contributed by atoms with Crippen molar-refractivity contribution in [2.75, 3.05) is 32.2 Å². The predicted molar refractivity (Wildman–Crippen MR) is 99.5 cm³/mol. The van der Waals surface area contributed by atoms with Gasteiger partial charge in [-0.2, -0.15) is 4.37 Å². The number of fused-ring (bicyclic) bond motifs is 1. The number of anilines is 1. The highest BCUT2D eigenvalue weighted by molar-refractivity contribution is 7.11. The SMILES string of the molecule is CCN(CC)c1snc2cc(-c3ccc(OC)c(OC)c3)cnc12. The lowest BCUT2D eigenvalue weighted by Crippen LogP contribution is -2.20. The summed E-state index contributed by atoms with van der Waals surface area (Å²) >= 11 is 1.51. The molecule has 0 atom stereocenters. The molecule has 0 unspecified atom stereocenters. The van der Waals surface area contributed by atoms with Crippen LogP contribution in [0.15, 0.2) is 30.5 Å². The van der Waals surface area contributed by atoms with Crippen molar-refractivity contribution in [1.29, 1.82) is 0 Å². The molecule has 6 heteroatoms. The second-order valence-corrected chi connectivity index (χ2v) is 6.07. The number of nitrogens with zero attached hydrogens (tertiary/aromatic N) is 3. The molecule has 0 saturated heterocycles. The summed E-state index contributed by atoms with van der Waals surface area (Å²) in [5, 5.41) is 1.13. The maximum Gasteiger partial charge on any atom is 0.161 e. The molecule has 0 aliphatic carbocycles. The normalized spacial score (nSPS) is 10.8. The molecular formula is C18H21N3O2S. The van der Waals surface area contributed by atoms with Gasteiger partial charge in [0.25, 0.3) is 0 Å². The Labute approximate surface area is 146 Å². The van der Waals surface area contributed by atoms with E-state index >= 15 is 0 Å². The zero-order valence-electron chi connectivity index (χ0n) is 14.4. The van der Waals surface area contributed by atoms with E-state index < -0.39 is 0 Å². The number of benzene rings is 1. The molecule has 3 aromatic rings. The van der Waals surface area contributed by atoms with Gasteiger partial charge in [0.1, 0.15) is 16.0 Å². The molecule has 2 aromatic heterocycles. The van der Waals surface area contributed by atoms with Gasteiger partial charge in [0.2, 0.25) is 0 Å². The lowest BCUT2D eigenvalue weighted by Gasteiger charge is -2.17. The summed E-state index contributed by atoms with van der Waals surface area (Å²) in [5.74, 6) is 1.42. The first-order valence-electron chi connectivity index (χ1n) is 7.94. The van der Waals surface area contributed by atoms with Crippen molar-refractivity contribution in [3.63, 3.8) is 0 Å². The van der Waals surface area contributed by atoms with Crippen LogP contribution in [0.1, 0.15) is 13.8 Å². The molecule has 0 fully saturated rings. The first kappa shape index (κ1) is 16.5. The van der Waals surface area contributed by atoms with E-state index in [0.29, 0.717) is 11.5 Å². The average Bonchev–Trinajstić information content (AvgIpc) is 3.05. The third kappa shape index (κ3) is 2.89. The quantitative estimate of drug-likeness (QED) is 0.670. The van der Waals surface area contributed by atoms with Crippen LogP contribution in [0, 0.1) is 0 Å². The van der Waals surface area contributed by atoms with Crippen LogP contribution in [-0.2, 0) is 0 Å². The first-order chi connectivity index (χ1) is 11.7. The van der Waals surface area contributed by atoms with Crippen LogP contribution in [0.2, 0.25) is 0 Å². The summed E-state index contributed by atoms with van der Waals surface area (Å²) in [6, 6.07) is 7.94. The van der Waals surface area contributed by atoms with Gasteiger partial charge in [0.05, 0.1) is 14.2 Å². The monoisotopic (exact) mass is 343 g/mol. The van der Waals surface area contributed by atoms with Crippen molar-refractivity contribution in [2.45, 2.75) is 13.8 Å². The van der Waals surface area contributed by atoms with Crippen molar-refractivity contribution in [2.24, 2.45) is 0 Å². The Hall–Kier alpha value is -2.34. The van der Waals surface area contributed by atoms with Gasteiger partial charge < -0.3 is 14.4 Å². The molecule has 5 nitrogen and oxygen atoms in total. The number of aromatic nitrogens is 2. The largest absolute Gasteiger partial charge is 0.493 e. The fraction of sp³-hybridized carbons (Fsp3) is 0.333. The highest BCUT2D eigenvalue weighted by Gasteiger charge is 2.14. The Morgan fingerprint density at radius 3 is 2.42 bits per heavy atom. The van der Waals surface area contributed by atoms with Crippen molar-refractivity contribution in [3.05, 3.63) is 30.5 Å². The van der Waals surface area contributed by atoms with Crippen molar-refractivity contribution >= 4 is 27.6 Å². The summed E-state index contributed by atoms with van der Waals surface area (Å²) in [7, 11) is 3.27. The fourth-order valence-corrected chi connectivity index (χ4v) is 3.66. The Morgan fingerprint density at radius 1 is 1.00 bits per heavy atom. The number of methoxy groups -OCH3 is 2. The standard InChI is InChI=1S/C18H21N3O2S/c1-5-21(6-2)18-17-14(20-24-18)9-13(11-19-17)12-7-8-15(22-3)16(10-12)23-4/h7-11H,5-6H2,1-4H3. The number of pyridine rings is 1. The smallest absolute Gasteiger partial charge is 0.161 e. The van der Waals surface area contributed by atoms with E-state index in [1.165, 1.54) is 11.5 Å². The molecule has 3 rings (SSSR count). The van der Waals surface area contributed by atoms with Crippen LogP contribution in [0.5, 0.6) is 11.5 Å². The van der Waals surface area contributed by atoms with Crippen LogP contribution in [-0.4, -0.2) is 36.7 Å². The van der Waals surface area contributed by atoms with Crippen LogP contribution < -0.4 is 14.4 Å². The summed E-state index contributed by atoms with van der Waals surface area (Å²) < 4.78 is 15.3. The number of hydrogen-bond donors (Lipinski definition) is 0. The highest BCUT2D eigenvalue weighted by Crippen LogP contribution is 2.35. The third-order valence-electron chi connectivity index (χ3n) is 4.07. The highest BCUT2D eigenvalue weighted by atomic mass is 32.1. The number of ether oxygens (including phenoxy) is 2. The van der Waals surface area contributed by atoms with Crippen LogP contribution in [0.4, 0.5) is 5.00 Å². The van der Waals surface area contributed by atoms with Crippen LogP contribution >= 0.6 is 11.5 Å². The Bertz CT molecular complexity index is 843. The third-order valence-corrected chi connectivity index (χ3v) is 4.98. The van der Waals surface area contributed by atoms with E-state index in [1.54, 1.807) is 14.2 Å². The van der Waals surface area contributed by atoms with Crippen LogP contribution in [0.25, 0.3) is 22.2 Å². The van der Waals surface area contributed by atoms with Crippen LogP contribution in [0.3, 0.4) is 0 Å². The maximum atomic E-state index is 5.38. The first-order valence-corrected chi connectivity index (χ1v) is 8.71. The molecule has 0 spiro atoms. The zero-order valence-corrected chi connectivity index (χ0v) is 15.2. The van der Waals surface area contributed by atoms with E-state index in [9.17, 15) is 0 Å². The van der Waals surface area contributed by atoms with Gasteiger partial charge in [-0.1, -0.05) is 6.07 Å². The van der Waals surface area contributed by atoms with Gasteiger partial charge in [0, 0.05) is 24.8 Å². The van der Waals surface area contributed by atoms with E-state index in [4.69, 9.17) is 9.47 Å². The predicted octanol–water partition coefficient (Wildman–Crippen LogP) is 4.22. The minimum absolute atomic E-state index is 0.706. The van der Waals surface area contributed by atoms with Gasteiger partial charge in [-0.15, -0.1) is 0 Å². The zero-order chi connectivity index (χ0) is 17.1. The number of rotatable bonds is 6. The van der Waals surface area contributed by atoms with E-state index in [1.807, 2.05) is 24.4 Å². The van der Waals surface area contributed by atoms with Gasteiger partial charge in [-0.3, -0.25) is 4.98 Å². The van der Waals surface area contributed by atoms with Crippen molar-refractivity contribution in [3.8, 4) is 22.6 Å². The Morgan fingerprint density at radius 2 is 1.75 bits per heavy atom. The molecule has 126 valence electrons. The minimum atomic E-state index is 0.706. The minimum Gasteiger partial charge on any atom is -0.493 e. The molecule has 0 saturated carbocycles. The molecule has 0 bridgehead atoms.